The fourth-order valence-electron chi connectivity index (χ4n) is 5.13. The van der Waals surface area contributed by atoms with Crippen molar-refractivity contribution in [3.05, 3.63) is 63.5 Å². The van der Waals surface area contributed by atoms with Gasteiger partial charge in [0, 0.05) is 48.3 Å². The number of ether oxygens (including phenoxy) is 1. The lowest BCUT2D eigenvalue weighted by Crippen LogP contribution is -2.37. The van der Waals surface area contributed by atoms with Gasteiger partial charge >= 0.3 is 5.97 Å². The molecule has 1 aliphatic heterocycles. The summed E-state index contributed by atoms with van der Waals surface area (Å²) in [6.45, 7) is 2.07. The summed E-state index contributed by atoms with van der Waals surface area (Å²) in [5, 5.41) is 19.6. The van der Waals surface area contributed by atoms with E-state index in [1.165, 1.54) is 0 Å². The zero-order chi connectivity index (χ0) is 25.7. The SMILES string of the molecule is Cn1nc(C(=O)O)c2ccc(N3CCC(OCc4c(-c5c(Cl)cccc5Cl)noc4C4CC4)CC3)cc21. The lowest BCUT2D eigenvalue weighted by molar-refractivity contribution is 0.0246. The molecule has 4 aromatic rings. The highest BCUT2D eigenvalue weighted by Crippen LogP contribution is 2.46. The third-order valence-corrected chi connectivity index (χ3v) is 7.90. The van der Waals surface area contributed by atoms with Crippen molar-refractivity contribution < 1.29 is 19.2 Å². The number of hydrogen-bond donors (Lipinski definition) is 1. The van der Waals surface area contributed by atoms with Crippen molar-refractivity contribution >= 4 is 45.8 Å². The lowest BCUT2D eigenvalue weighted by Gasteiger charge is -2.33. The summed E-state index contributed by atoms with van der Waals surface area (Å²) in [6, 6.07) is 11.2. The van der Waals surface area contributed by atoms with Crippen molar-refractivity contribution in [3.63, 3.8) is 0 Å². The van der Waals surface area contributed by atoms with Gasteiger partial charge in [-0.2, -0.15) is 5.10 Å². The molecular formula is C27H26Cl2N4O4. The minimum Gasteiger partial charge on any atom is -0.476 e. The van der Waals surface area contributed by atoms with E-state index in [1.807, 2.05) is 24.3 Å². The number of anilines is 1. The van der Waals surface area contributed by atoms with Crippen LogP contribution < -0.4 is 4.90 Å². The highest BCUT2D eigenvalue weighted by molar-refractivity contribution is 6.39. The summed E-state index contributed by atoms with van der Waals surface area (Å²) in [7, 11) is 1.77. The largest absolute Gasteiger partial charge is 0.476 e. The zero-order valence-electron chi connectivity index (χ0n) is 20.3. The molecule has 3 heterocycles. The lowest BCUT2D eigenvalue weighted by atomic mass is 10.0. The van der Waals surface area contributed by atoms with Crippen LogP contribution in [0.15, 0.2) is 40.9 Å². The molecule has 0 spiro atoms. The van der Waals surface area contributed by atoms with Gasteiger partial charge < -0.3 is 19.3 Å². The first kappa shape index (κ1) is 24.3. The Bertz CT molecular complexity index is 1470. The first-order valence-electron chi connectivity index (χ1n) is 12.4. The molecule has 2 aromatic carbocycles. The number of benzene rings is 2. The van der Waals surface area contributed by atoms with Gasteiger partial charge in [-0.1, -0.05) is 34.4 Å². The van der Waals surface area contributed by atoms with Crippen LogP contribution in [0.5, 0.6) is 0 Å². The number of aryl methyl sites for hydroxylation is 1. The van der Waals surface area contributed by atoms with Crippen LogP contribution in [-0.4, -0.2) is 45.2 Å². The number of aromatic nitrogens is 3. The number of halogens is 2. The van der Waals surface area contributed by atoms with Crippen LogP contribution in [0.3, 0.4) is 0 Å². The second kappa shape index (κ2) is 9.67. The fourth-order valence-corrected chi connectivity index (χ4v) is 5.71. The smallest absolute Gasteiger partial charge is 0.357 e. The summed E-state index contributed by atoms with van der Waals surface area (Å²) < 4.78 is 13.8. The molecule has 0 radical (unpaired) electrons. The van der Waals surface area contributed by atoms with Gasteiger partial charge in [-0.25, -0.2) is 4.79 Å². The van der Waals surface area contributed by atoms with E-state index in [0.29, 0.717) is 39.2 Å². The Kier molecular flexibility index (Phi) is 6.34. The zero-order valence-corrected chi connectivity index (χ0v) is 21.8. The number of carboxylic acids is 1. The maximum atomic E-state index is 11.5. The Morgan fingerprint density at radius 1 is 1.14 bits per heavy atom. The molecule has 2 aliphatic rings. The van der Waals surface area contributed by atoms with Crippen molar-refractivity contribution in [2.75, 3.05) is 18.0 Å². The van der Waals surface area contributed by atoms with E-state index in [0.717, 1.165) is 61.3 Å². The molecule has 1 N–H and O–H groups in total. The maximum Gasteiger partial charge on any atom is 0.357 e. The van der Waals surface area contributed by atoms with Crippen LogP contribution in [0.4, 0.5) is 5.69 Å². The number of nitrogens with zero attached hydrogens (tertiary/aromatic N) is 4. The van der Waals surface area contributed by atoms with E-state index in [2.05, 4.69) is 15.2 Å². The van der Waals surface area contributed by atoms with Crippen molar-refractivity contribution in [2.24, 2.45) is 7.05 Å². The summed E-state index contributed by atoms with van der Waals surface area (Å²) in [5.74, 6) is 0.245. The number of fused-ring (bicyclic) bond motifs is 1. The van der Waals surface area contributed by atoms with Crippen LogP contribution in [0.1, 0.15) is 53.4 Å². The molecule has 2 fully saturated rings. The Balaban J connectivity index is 1.15. The number of aromatic carboxylic acids is 1. The number of carbonyl (C=O) groups is 1. The van der Waals surface area contributed by atoms with Crippen molar-refractivity contribution in [2.45, 2.75) is 44.3 Å². The van der Waals surface area contributed by atoms with Crippen LogP contribution >= 0.6 is 23.2 Å². The Hall–Kier alpha value is -3.07. The molecule has 192 valence electrons. The summed E-state index contributed by atoms with van der Waals surface area (Å²) in [4.78, 5) is 13.8. The molecule has 37 heavy (non-hydrogen) atoms. The number of hydrogen-bond acceptors (Lipinski definition) is 6. The van der Waals surface area contributed by atoms with Gasteiger partial charge in [0.15, 0.2) is 5.69 Å². The minimum absolute atomic E-state index is 0.0768. The van der Waals surface area contributed by atoms with Gasteiger partial charge in [0.25, 0.3) is 0 Å². The van der Waals surface area contributed by atoms with E-state index in [9.17, 15) is 9.90 Å². The monoisotopic (exact) mass is 540 g/mol. The normalized spacial score (nSPS) is 16.6. The van der Waals surface area contributed by atoms with Gasteiger partial charge in [0.2, 0.25) is 0 Å². The minimum atomic E-state index is -1.02. The predicted molar refractivity (Wildman–Crippen MR) is 142 cm³/mol. The molecule has 1 saturated carbocycles. The van der Waals surface area contributed by atoms with Crippen LogP contribution in [0.25, 0.3) is 22.2 Å². The van der Waals surface area contributed by atoms with E-state index >= 15 is 0 Å². The first-order chi connectivity index (χ1) is 17.9. The van der Waals surface area contributed by atoms with Gasteiger partial charge in [0.05, 0.1) is 28.3 Å². The molecule has 0 bridgehead atoms. The van der Waals surface area contributed by atoms with E-state index in [4.69, 9.17) is 32.5 Å². The van der Waals surface area contributed by atoms with Crippen LogP contribution in [-0.2, 0) is 18.4 Å². The molecule has 0 amide bonds. The van der Waals surface area contributed by atoms with Crippen molar-refractivity contribution in [1.82, 2.24) is 14.9 Å². The summed E-state index contributed by atoms with van der Waals surface area (Å²) >= 11 is 13.0. The van der Waals surface area contributed by atoms with Crippen molar-refractivity contribution in [3.8, 4) is 11.3 Å². The van der Waals surface area contributed by atoms with Gasteiger partial charge in [0.1, 0.15) is 11.5 Å². The molecule has 6 rings (SSSR count). The van der Waals surface area contributed by atoms with Crippen LogP contribution in [0, 0.1) is 0 Å². The first-order valence-corrected chi connectivity index (χ1v) is 13.2. The third-order valence-electron chi connectivity index (χ3n) is 7.27. The quantitative estimate of drug-likeness (QED) is 0.294. The standard InChI is InChI=1S/C27H26Cl2N4O4/c1-32-22-13-16(7-8-18(22)25(30-32)27(34)35)33-11-9-17(10-12-33)36-14-19-24(31-37-26(19)15-5-6-15)23-20(28)3-2-4-21(23)29/h2-4,7-8,13,15,17H,5-6,9-12,14H2,1H3,(H,34,35). The summed E-state index contributed by atoms with van der Waals surface area (Å²) in [5.41, 5.74) is 4.23. The second-order valence-electron chi connectivity index (χ2n) is 9.72. The molecule has 0 unspecified atom stereocenters. The average Bonchev–Trinajstić information content (AvgIpc) is 3.57. The average molecular weight is 541 g/mol. The molecular weight excluding hydrogens is 515 g/mol. The third kappa shape index (κ3) is 4.58. The van der Waals surface area contributed by atoms with Crippen molar-refractivity contribution in [1.29, 1.82) is 0 Å². The molecule has 10 heteroatoms. The molecule has 1 saturated heterocycles. The van der Waals surface area contributed by atoms with E-state index in [-0.39, 0.29) is 11.8 Å². The topological polar surface area (TPSA) is 93.6 Å². The fraction of sp³-hybridized carbons (Fsp3) is 0.370. The summed E-state index contributed by atoms with van der Waals surface area (Å²) in [6.07, 6.45) is 4.02. The number of carboxylic acid groups (broad SMARTS) is 1. The number of piperidine rings is 1. The van der Waals surface area contributed by atoms with E-state index < -0.39 is 5.97 Å². The van der Waals surface area contributed by atoms with E-state index in [1.54, 1.807) is 23.9 Å². The highest BCUT2D eigenvalue weighted by atomic mass is 35.5. The molecule has 0 atom stereocenters. The Labute approximate surface area is 223 Å². The van der Waals surface area contributed by atoms with Gasteiger partial charge in [-0.3, -0.25) is 4.68 Å². The second-order valence-corrected chi connectivity index (χ2v) is 10.5. The van der Waals surface area contributed by atoms with Crippen LogP contribution in [0.2, 0.25) is 10.0 Å². The highest BCUT2D eigenvalue weighted by Gasteiger charge is 2.34. The predicted octanol–water partition coefficient (Wildman–Crippen LogP) is 6.30. The Morgan fingerprint density at radius 2 is 1.86 bits per heavy atom. The molecule has 2 aromatic heterocycles. The molecule has 8 nitrogen and oxygen atoms in total. The maximum absolute atomic E-state index is 11.5. The molecule has 1 aliphatic carbocycles. The number of rotatable bonds is 7. The van der Waals surface area contributed by atoms with Gasteiger partial charge in [-0.15, -0.1) is 0 Å². The Morgan fingerprint density at radius 3 is 2.54 bits per heavy atom. The van der Waals surface area contributed by atoms with Gasteiger partial charge in [-0.05, 0) is 56.0 Å².